The average Bonchev–Trinajstić information content (AvgIpc) is 3.23. The number of carbonyl (C=O) groups is 1. The van der Waals surface area contributed by atoms with Gasteiger partial charge in [-0.25, -0.2) is 0 Å². The molecule has 2 heterocycles. The molecule has 4 rings (SSSR count). The number of thioether (sulfide) groups is 1. The van der Waals surface area contributed by atoms with E-state index in [0.717, 1.165) is 26.8 Å². The molecular weight excluding hydrogens is 452 g/mol. The minimum Gasteiger partial charge on any atom is -0.488 e. The van der Waals surface area contributed by atoms with Gasteiger partial charge in [-0.15, -0.1) is 10.2 Å². The quantitative estimate of drug-likeness (QED) is 0.300. The van der Waals surface area contributed by atoms with E-state index in [1.54, 1.807) is 24.3 Å². The van der Waals surface area contributed by atoms with E-state index in [4.69, 9.17) is 21.6 Å². The number of halogens is 1. The molecule has 154 valence electrons. The molecule has 1 amide bonds. The van der Waals surface area contributed by atoms with Crippen LogP contribution in [-0.4, -0.2) is 22.7 Å². The Labute approximate surface area is 192 Å². The number of ether oxygens (including phenoxy) is 1. The molecule has 2 aromatic carbocycles. The highest BCUT2D eigenvalue weighted by Gasteiger charge is 2.11. The summed E-state index contributed by atoms with van der Waals surface area (Å²) in [5.74, 6) is 1.18. The van der Waals surface area contributed by atoms with Gasteiger partial charge in [0.05, 0.1) is 11.6 Å². The Morgan fingerprint density at radius 3 is 2.94 bits per heavy atom. The van der Waals surface area contributed by atoms with Crippen LogP contribution in [0, 0.1) is 11.3 Å². The second-order valence-corrected chi connectivity index (χ2v) is 9.12. The summed E-state index contributed by atoms with van der Waals surface area (Å²) >= 11 is 8.85. The summed E-state index contributed by atoms with van der Waals surface area (Å²) in [7, 11) is 0. The van der Waals surface area contributed by atoms with Gasteiger partial charge in [0.25, 0.3) is 0 Å². The number of benzene rings is 2. The number of nitrogens with zero attached hydrogens (tertiary/aromatic N) is 3. The maximum Gasteiger partial charge on any atom is 0.250 e. The Morgan fingerprint density at radius 1 is 1.29 bits per heavy atom. The van der Waals surface area contributed by atoms with Crippen molar-refractivity contribution in [3.8, 4) is 11.8 Å². The molecule has 0 aliphatic carbocycles. The van der Waals surface area contributed by atoms with E-state index in [1.807, 2.05) is 30.3 Å². The summed E-state index contributed by atoms with van der Waals surface area (Å²) < 4.78 is 6.42. The summed E-state index contributed by atoms with van der Waals surface area (Å²) in [4.78, 5) is 12.2. The molecule has 9 heteroatoms. The first-order valence-corrected chi connectivity index (χ1v) is 11.3. The molecule has 0 saturated heterocycles. The van der Waals surface area contributed by atoms with Gasteiger partial charge in [-0.05, 0) is 47.5 Å². The second-order valence-electron chi connectivity index (χ2n) is 6.48. The SMILES string of the molecule is N#Cc1ccc(CSc2nnc(NC(=O)/C=C/C3=Cc4cc(Cl)ccc4OC3)s2)cc1. The number of amides is 1. The summed E-state index contributed by atoms with van der Waals surface area (Å²) in [5.41, 5.74) is 3.46. The molecule has 0 unspecified atom stereocenters. The second kappa shape index (κ2) is 9.79. The minimum atomic E-state index is -0.294. The number of anilines is 1. The Morgan fingerprint density at radius 2 is 2.13 bits per heavy atom. The molecule has 31 heavy (non-hydrogen) atoms. The van der Waals surface area contributed by atoms with Crippen molar-refractivity contribution in [2.75, 3.05) is 11.9 Å². The van der Waals surface area contributed by atoms with Crippen molar-refractivity contribution in [1.29, 1.82) is 5.26 Å². The summed E-state index contributed by atoms with van der Waals surface area (Å²) in [6.45, 7) is 0.382. The lowest BCUT2D eigenvalue weighted by Gasteiger charge is -2.16. The molecule has 0 fully saturated rings. The third-order valence-corrected chi connectivity index (χ3v) is 6.52. The first-order valence-electron chi connectivity index (χ1n) is 9.16. The fraction of sp³-hybridized carbons (Fsp3) is 0.0909. The third-order valence-electron chi connectivity index (χ3n) is 4.24. The molecular formula is C22H15ClN4O2S2. The number of nitrogens with one attached hydrogen (secondary N) is 1. The van der Waals surface area contributed by atoms with Crippen molar-refractivity contribution in [2.45, 2.75) is 10.1 Å². The van der Waals surface area contributed by atoms with Crippen molar-refractivity contribution in [2.24, 2.45) is 0 Å². The highest BCUT2D eigenvalue weighted by molar-refractivity contribution is 8.00. The smallest absolute Gasteiger partial charge is 0.250 e. The predicted molar refractivity (Wildman–Crippen MR) is 123 cm³/mol. The molecule has 3 aromatic rings. The molecule has 6 nitrogen and oxygen atoms in total. The van der Waals surface area contributed by atoms with Crippen LogP contribution in [0.5, 0.6) is 5.75 Å². The maximum atomic E-state index is 12.2. The van der Waals surface area contributed by atoms with Gasteiger partial charge in [0.15, 0.2) is 4.34 Å². The maximum absolute atomic E-state index is 12.2. The normalized spacial score (nSPS) is 12.6. The summed E-state index contributed by atoms with van der Waals surface area (Å²) in [5, 5.41) is 20.7. The first-order chi connectivity index (χ1) is 15.1. The van der Waals surface area contributed by atoms with Crippen LogP contribution >= 0.6 is 34.7 Å². The summed E-state index contributed by atoms with van der Waals surface area (Å²) in [6.07, 6.45) is 5.09. The minimum absolute atomic E-state index is 0.294. The Balaban J connectivity index is 1.31. The topological polar surface area (TPSA) is 87.9 Å². The zero-order valence-corrected chi connectivity index (χ0v) is 18.4. The lowest BCUT2D eigenvalue weighted by atomic mass is 10.1. The third kappa shape index (κ3) is 5.73. The van der Waals surface area contributed by atoms with Crippen LogP contribution in [0.1, 0.15) is 16.7 Å². The van der Waals surface area contributed by atoms with E-state index in [0.29, 0.717) is 28.1 Å². The molecule has 1 N–H and O–H groups in total. The number of hydrogen-bond acceptors (Lipinski definition) is 7. The Bertz CT molecular complexity index is 1210. The van der Waals surface area contributed by atoms with E-state index >= 15 is 0 Å². The zero-order valence-electron chi connectivity index (χ0n) is 16.0. The van der Waals surface area contributed by atoms with Crippen molar-refractivity contribution >= 4 is 51.8 Å². The van der Waals surface area contributed by atoms with Crippen LogP contribution in [0.15, 0.2) is 64.5 Å². The monoisotopic (exact) mass is 466 g/mol. The predicted octanol–water partition coefficient (Wildman–Crippen LogP) is 5.33. The molecule has 1 aromatic heterocycles. The van der Waals surface area contributed by atoms with E-state index in [1.165, 1.54) is 29.2 Å². The van der Waals surface area contributed by atoms with Crippen molar-refractivity contribution in [1.82, 2.24) is 10.2 Å². The van der Waals surface area contributed by atoms with Crippen molar-refractivity contribution in [3.05, 3.63) is 81.9 Å². The largest absolute Gasteiger partial charge is 0.488 e. The van der Waals surface area contributed by atoms with Crippen LogP contribution in [0.4, 0.5) is 5.13 Å². The molecule has 0 atom stereocenters. The molecule has 0 saturated carbocycles. The van der Waals surface area contributed by atoms with Gasteiger partial charge in [0.2, 0.25) is 11.0 Å². The van der Waals surface area contributed by atoms with E-state index in [-0.39, 0.29) is 5.91 Å². The fourth-order valence-corrected chi connectivity index (χ4v) is 4.62. The van der Waals surface area contributed by atoms with Crippen LogP contribution < -0.4 is 10.1 Å². The van der Waals surface area contributed by atoms with Gasteiger partial charge >= 0.3 is 0 Å². The lowest BCUT2D eigenvalue weighted by molar-refractivity contribution is -0.111. The molecule has 0 bridgehead atoms. The first kappa shape index (κ1) is 21.1. The number of carbonyl (C=O) groups excluding carboxylic acids is 1. The highest BCUT2D eigenvalue weighted by atomic mass is 35.5. The lowest BCUT2D eigenvalue weighted by Crippen LogP contribution is -2.09. The van der Waals surface area contributed by atoms with Crippen LogP contribution in [0.2, 0.25) is 5.02 Å². The van der Waals surface area contributed by atoms with Gasteiger partial charge in [0, 0.05) is 22.4 Å². The molecule has 0 radical (unpaired) electrons. The van der Waals surface area contributed by atoms with E-state index in [2.05, 4.69) is 21.6 Å². The standard InChI is InChI=1S/C22H15ClN4O2S2/c23-18-6-7-19-17(10-18)9-16(12-29-19)5-8-20(28)25-21-26-27-22(31-21)30-13-15-3-1-14(11-24)2-4-15/h1-10H,12-13H2,(H,25,26,28)/b8-5+. The van der Waals surface area contributed by atoms with Gasteiger partial charge in [-0.2, -0.15) is 5.26 Å². The molecule has 0 spiro atoms. The highest BCUT2D eigenvalue weighted by Crippen LogP contribution is 2.30. The van der Waals surface area contributed by atoms with Gasteiger partial charge < -0.3 is 4.74 Å². The zero-order chi connectivity index (χ0) is 21.6. The van der Waals surface area contributed by atoms with Crippen molar-refractivity contribution < 1.29 is 9.53 Å². The van der Waals surface area contributed by atoms with Gasteiger partial charge in [0.1, 0.15) is 12.4 Å². The number of fused-ring (bicyclic) bond motifs is 1. The molecule has 1 aliphatic rings. The van der Waals surface area contributed by atoms with E-state index in [9.17, 15) is 4.79 Å². The van der Waals surface area contributed by atoms with Crippen LogP contribution in [0.25, 0.3) is 6.08 Å². The fourth-order valence-electron chi connectivity index (χ4n) is 2.73. The van der Waals surface area contributed by atoms with Gasteiger partial charge in [-0.3, -0.25) is 10.1 Å². The van der Waals surface area contributed by atoms with E-state index < -0.39 is 0 Å². The molecule has 1 aliphatic heterocycles. The van der Waals surface area contributed by atoms with Crippen LogP contribution in [-0.2, 0) is 10.5 Å². The van der Waals surface area contributed by atoms with Crippen molar-refractivity contribution in [3.63, 3.8) is 0 Å². The Hall–Kier alpha value is -3.12. The van der Waals surface area contributed by atoms with Crippen LogP contribution in [0.3, 0.4) is 0 Å². The number of rotatable bonds is 6. The number of aromatic nitrogens is 2. The summed E-state index contributed by atoms with van der Waals surface area (Å²) in [6, 6.07) is 14.9. The Kier molecular flexibility index (Phi) is 6.67. The number of hydrogen-bond donors (Lipinski definition) is 1. The van der Waals surface area contributed by atoms with Gasteiger partial charge in [-0.1, -0.05) is 52.9 Å². The average molecular weight is 467 g/mol. The number of nitriles is 1.